The van der Waals surface area contributed by atoms with Gasteiger partial charge < -0.3 is 20.5 Å². The van der Waals surface area contributed by atoms with Crippen LogP contribution in [0.5, 0.6) is 0 Å². The monoisotopic (exact) mass is 338 g/mol. The lowest BCUT2D eigenvalue weighted by Gasteiger charge is -2.16. The lowest BCUT2D eigenvalue weighted by Crippen LogP contribution is -2.40. The third-order valence-electron chi connectivity index (χ3n) is 3.28. The SMILES string of the molecule is COCC[C@@H](CO)NC(=O)Nc1ccc(F)c(-n2nnnc2C)c1. The summed E-state index contributed by atoms with van der Waals surface area (Å²) in [5.41, 5.74) is 0.482. The Morgan fingerprint density at radius 1 is 1.50 bits per heavy atom. The van der Waals surface area contributed by atoms with Gasteiger partial charge in [0.2, 0.25) is 0 Å². The van der Waals surface area contributed by atoms with Crippen molar-refractivity contribution in [1.29, 1.82) is 0 Å². The van der Waals surface area contributed by atoms with E-state index in [9.17, 15) is 14.3 Å². The number of halogens is 1. The van der Waals surface area contributed by atoms with Gasteiger partial charge in [0.15, 0.2) is 5.82 Å². The van der Waals surface area contributed by atoms with Crippen LogP contribution in [0.3, 0.4) is 0 Å². The fraction of sp³-hybridized carbons (Fsp3) is 0.429. The van der Waals surface area contributed by atoms with Gasteiger partial charge in [-0.3, -0.25) is 0 Å². The molecule has 0 unspecified atom stereocenters. The molecule has 0 fully saturated rings. The van der Waals surface area contributed by atoms with Crippen LogP contribution in [0.25, 0.3) is 5.69 Å². The molecule has 2 aromatic rings. The molecule has 0 aliphatic rings. The van der Waals surface area contributed by atoms with Crippen molar-refractivity contribution >= 4 is 11.7 Å². The number of urea groups is 1. The van der Waals surface area contributed by atoms with Crippen molar-refractivity contribution in [1.82, 2.24) is 25.5 Å². The molecule has 130 valence electrons. The predicted octanol–water partition coefficient (Wildman–Crippen LogP) is 0.629. The standard InChI is InChI=1S/C14H19FN6O3/c1-9-18-19-20-21(9)13-7-10(3-4-12(13)15)16-14(23)17-11(8-22)5-6-24-2/h3-4,7,11,22H,5-6,8H2,1-2H3,(H2,16,17,23)/t11-/m0/s1. The number of nitrogens with zero attached hydrogens (tertiary/aromatic N) is 4. The fourth-order valence-electron chi connectivity index (χ4n) is 2.03. The molecule has 0 bridgehead atoms. The second-order valence-corrected chi connectivity index (χ2v) is 5.06. The summed E-state index contributed by atoms with van der Waals surface area (Å²) in [6.45, 7) is 1.83. The number of carbonyl (C=O) groups excluding carboxylic acids is 1. The van der Waals surface area contributed by atoms with Gasteiger partial charge in [0.25, 0.3) is 0 Å². The van der Waals surface area contributed by atoms with E-state index in [2.05, 4.69) is 26.2 Å². The summed E-state index contributed by atoms with van der Waals surface area (Å²) >= 11 is 0. The van der Waals surface area contributed by atoms with E-state index in [1.165, 1.54) is 30.0 Å². The van der Waals surface area contributed by atoms with Gasteiger partial charge in [-0.05, 0) is 42.0 Å². The van der Waals surface area contributed by atoms with E-state index in [-0.39, 0.29) is 12.3 Å². The summed E-state index contributed by atoms with van der Waals surface area (Å²) in [5.74, 6) is -0.111. The van der Waals surface area contributed by atoms with Crippen LogP contribution in [0, 0.1) is 12.7 Å². The smallest absolute Gasteiger partial charge is 0.319 e. The summed E-state index contributed by atoms with van der Waals surface area (Å²) in [7, 11) is 1.54. The van der Waals surface area contributed by atoms with Crippen molar-refractivity contribution in [2.24, 2.45) is 0 Å². The van der Waals surface area contributed by atoms with E-state index < -0.39 is 17.9 Å². The molecule has 2 amide bonds. The average molecular weight is 338 g/mol. The number of amides is 2. The summed E-state index contributed by atoms with van der Waals surface area (Å²) < 4.78 is 20.1. The van der Waals surface area contributed by atoms with Gasteiger partial charge in [-0.25, -0.2) is 9.18 Å². The molecule has 24 heavy (non-hydrogen) atoms. The Morgan fingerprint density at radius 3 is 2.92 bits per heavy atom. The van der Waals surface area contributed by atoms with Gasteiger partial charge in [-0.2, -0.15) is 4.68 Å². The zero-order valence-electron chi connectivity index (χ0n) is 13.4. The molecular weight excluding hydrogens is 319 g/mol. The molecule has 0 radical (unpaired) electrons. The molecule has 3 N–H and O–H groups in total. The van der Waals surface area contributed by atoms with Crippen molar-refractivity contribution < 1.29 is 19.0 Å². The number of ether oxygens (including phenoxy) is 1. The van der Waals surface area contributed by atoms with E-state index in [4.69, 9.17) is 4.74 Å². The Hall–Kier alpha value is -2.59. The maximum absolute atomic E-state index is 14.0. The van der Waals surface area contributed by atoms with E-state index in [0.717, 1.165) is 0 Å². The van der Waals surface area contributed by atoms with Crippen molar-refractivity contribution in [2.45, 2.75) is 19.4 Å². The number of aliphatic hydroxyl groups is 1. The first-order valence-electron chi connectivity index (χ1n) is 7.27. The lowest BCUT2D eigenvalue weighted by atomic mass is 10.2. The molecule has 1 heterocycles. The zero-order valence-corrected chi connectivity index (χ0v) is 13.4. The van der Waals surface area contributed by atoms with Crippen molar-refractivity contribution in [3.8, 4) is 5.69 Å². The largest absolute Gasteiger partial charge is 0.394 e. The highest BCUT2D eigenvalue weighted by Crippen LogP contribution is 2.18. The number of nitrogens with one attached hydrogen (secondary N) is 2. The zero-order chi connectivity index (χ0) is 17.5. The summed E-state index contributed by atoms with van der Waals surface area (Å²) in [6.07, 6.45) is 0.471. The number of benzene rings is 1. The molecule has 10 heteroatoms. The van der Waals surface area contributed by atoms with Crippen LogP contribution in [-0.4, -0.2) is 57.7 Å². The Kier molecular flexibility index (Phi) is 6.15. The second-order valence-electron chi connectivity index (χ2n) is 5.06. The average Bonchev–Trinajstić information content (AvgIpc) is 2.99. The molecular formula is C14H19FN6O3. The highest BCUT2D eigenvalue weighted by Gasteiger charge is 2.14. The van der Waals surface area contributed by atoms with Gasteiger partial charge in [-0.15, -0.1) is 5.10 Å². The van der Waals surface area contributed by atoms with Gasteiger partial charge in [-0.1, -0.05) is 0 Å². The van der Waals surface area contributed by atoms with E-state index in [1.807, 2.05) is 0 Å². The van der Waals surface area contributed by atoms with Gasteiger partial charge >= 0.3 is 6.03 Å². The number of hydrogen-bond donors (Lipinski definition) is 3. The summed E-state index contributed by atoms with van der Waals surface area (Å²) in [6, 6.07) is 3.09. The molecule has 2 rings (SSSR count). The number of methoxy groups -OCH3 is 1. The highest BCUT2D eigenvalue weighted by atomic mass is 19.1. The van der Waals surface area contributed by atoms with Crippen molar-refractivity contribution in [3.63, 3.8) is 0 Å². The molecule has 0 spiro atoms. The van der Waals surface area contributed by atoms with Crippen LogP contribution < -0.4 is 10.6 Å². The number of aliphatic hydroxyl groups excluding tert-OH is 1. The minimum Gasteiger partial charge on any atom is -0.394 e. The first kappa shape index (κ1) is 17.8. The van der Waals surface area contributed by atoms with Crippen LogP contribution in [0.15, 0.2) is 18.2 Å². The summed E-state index contributed by atoms with van der Waals surface area (Å²) in [5, 5.41) is 25.3. The van der Waals surface area contributed by atoms with E-state index in [1.54, 1.807) is 6.92 Å². The summed E-state index contributed by atoms with van der Waals surface area (Å²) in [4.78, 5) is 12.0. The van der Waals surface area contributed by atoms with Crippen LogP contribution in [0.4, 0.5) is 14.9 Å². The van der Waals surface area contributed by atoms with Gasteiger partial charge in [0, 0.05) is 19.4 Å². The maximum atomic E-state index is 14.0. The van der Waals surface area contributed by atoms with E-state index in [0.29, 0.717) is 24.5 Å². The predicted molar refractivity (Wildman–Crippen MR) is 83.4 cm³/mol. The number of aryl methyl sites for hydroxylation is 1. The lowest BCUT2D eigenvalue weighted by molar-refractivity contribution is 0.161. The highest BCUT2D eigenvalue weighted by molar-refractivity contribution is 5.89. The third-order valence-corrected chi connectivity index (χ3v) is 3.28. The molecule has 0 saturated carbocycles. The topological polar surface area (TPSA) is 114 Å². The molecule has 0 aliphatic heterocycles. The number of carbonyl (C=O) groups is 1. The van der Waals surface area contributed by atoms with Gasteiger partial charge in [0.05, 0.1) is 12.6 Å². The van der Waals surface area contributed by atoms with Crippen LogP contribution in [0.2, 0.25) is 0 Å². The Bertz CT molecular complexity index is 693. The number of anilines is 1. The van der Waals surface area contributed by atoms with E-state index >= 15 is 0 Å². The molecule has 0 saturated heterocycles. The molecule has 9 nitrogen and oxygen atoms in total. The molecule has 1 atom stereocenters. The molecule has 1 aromatic carbocycles. The van der Waals surface area contributed by atoms with Crippen LogP contribution in [0.1, 0.15) is 12.2 Å². The number of aromatic nitrogens is 4. The number of rotatable bonds is 7. The Labute approximate surface area is 137 Å². The van der Waals surface area contributed by atoms with Crippen LogP contribution in [-0.2, 0) is 4.74 Å². The van der Waals surface area contributed by atoms with Crippen molar-refractivity contribution in [3.05, 3.63) is 29.8 Å². The van der Waals surface area contributed by atoms with Crippen LogP contribution >= 0.6 is 0 Å². The molecule has 0 aliphatic carbocycles. The second kappa shape index (κ2) is 8.31. The number of tetrazole rings is 1. The minimum absolute atomic E-state index is 0.119. The first-order chi connectivity index (χ1) is 11.5. The number of hydrogen-bond acceptors (Lipinski definition) is 6. The fourth-order valence-corrected chi connectivity index (χ4v) is 2.03. The Balaban J connectivity index is 2.07. The Morgan fingerprint density at radius 2 is 2.29 bits per heavy atom. The third kappa shape index (κ3) is 4.46. The quantitative estimate of drug-likeness (QED) is 0.682. The molecule has 1 aromatic heterocycles. The first-order valence-corrected chi connectivity index (χ1v) is 7.27. The minimum atomic E-state index is -0.523. The normalized spacial score (nSPS) is 12.0. The van der Waals surface area contributed by atoms with Gasteiger partial charge in [0.1, 0.15) is 11.5 Å². The van der Waals surface area contributed by atoms with Crippen molar-refractivity contribution in [2.75, 3.05) is 25.6 Å². The maximum Gasteiger partial charge on any atom is 0.319 e.